The van der Waals surface area contributed by atoms with Crippen LogP contribution < -0.4 is 0 Å². The van der Waals surface area contributed by atoms with Crippen LogP contribution in [0.4, 0.5) is 0 Å². The Bertz CT molecular complexity index is 653. The summed E-state index contributed by atoms with van der Waals surface area (Å²) in [5.74, 6) is 2.50. The average molecular weight is 317 g/mol. The zero-order chi connectivity index (χ0) is 16.0. The van der Waals surface area contributed by atoms with Crippen LogP contribution in [0.5, 0.6) is 0 Å². The third kappa shape index (κ3) is 4.00. The molecule has 1 aliphatic rings. The summed E-state index contributed by atoms with van der Waals surface area (Å²) >= 11 is 0. The van der Waals surface area contributed by atoms with Crippen LogP contribution in [0.2, 0.25) is 0 Å². The average Bonchev–Trinajstić information content (AvgIpc) is 2.45. The Morgan fingerprint density at radius 2 is 1.95 bits per heavy atom. The highest BCUT2D eigenvalue weighted by Crippen LogP contribution is 2.23. The summed E-state index contributed by atoms with van der Waals surface area (Å²) in [5.41, 5.74) is 1.04. The zero-order valence-corrected chi connectivity index (χ0v) is 13.8. The molecule has 0 N–H and O–H groups in total. The van der Waals surface area contributed by atoms with Gasteiger partial charge in [0.05, 0.1) is 11.4 Å². The van der Waals surface area contributed by atoms with E-state index in [2.05, 4.69) is 12.0 Å². The lowest BCUT2D eigenvalue weighted by Gasteiger charge is -2.28. The van der Waals surface area contributed by atoms with E-state index in [4.69, 9.17) is 6.42 Å². The van der Waals surface area contributed by atoms with E-state index in [0.717, 1.165) is 31.2 Å². The fourth-order valence-corrected chi connectivity index (χ4v) is 4.23. The van der Waals surface area contributed by atoms with Crippen molar-refractivity contribution in [3.8, 4) is 12.3 Å². The molecule has 1 aliphatic carbocycles. The number of nitrogens with zero attached hydrogens (tertiary/aromatic N) is 1. The molecule has 0 saturated carbocycles. The molecule has 0 heterocycles. The first-order valence-electron chi connectivity index (χ1n) is 7.74. The van der Waals surface area contributed by atoms with Crippen LogP contribution in [0, 0.1) is 19.3 Å². The van der Waals surface area contributed by atoms with Gasteiger partial charge in [-0.25, -0.2) is 8.42 Å². The molecule has 2 rings (SSSR count). The van der Waals surface area contributed by atoms with Gasteiger partial charge in [-0.05, 0) is 38.3 Å². The molecule has 1 atom stereocenters. The van der Waals surface area contributed by atoms with E-state index in [-0.39, 0.29) is 12.6 Å². The molecule has 1 unspecified atom stereocenters. The van der Waals surface area contributed by atoms with Crippen LogP contribution in [0.3, 0.4) is 0 Å². The SMILES string of the molecule is C#CCN(C1/C=C\CCCCC1)S(=O)(=O)c1ccc(C)cc1. The number of benzene rings is 1. The Hall–Kier alpha value is -1.57. The molecule has 0 spiro atoms. The van der Waals surface area contributed by atoms with Crippen molar-refractivity contribution in [1.82, 2.24) is 4.31 Å². The third-order valence-corrected chi connectivity index (χ3v) is 5.86. The Morgan fingerprint density at radius 3 is 2.64 bits per heavy atom. The van der Waals surface area contributed by atoms with Gasteiger partial charge in [-0.2, -0.15) is 4.31 Å². The molecule has 0 bridgehead atoms. The van der Waals surface area contributed by atoms with Gasteiger partial charge in [0.25, 0.3) is 0 Å². The molecule has 0 aromatic heterocycles. The van der Waals surface area contributed by atoms with Gasteiger partial charge in [0.2, 0.25) is 10.0 Å². The molecule has 1 aromatic carbocycles. The van der Waals surface area contributed by atoms with E-state index in [1.54, 1.807) is 12.1 Å². The van der Waals surface area contributed by atoms with E-state index in [1.807, 2.05) is 25.1 Å². The fraction of sp³-hybridized carbons (Fsp3) is 0.444. The number of aryl methyl sites for hydroxylation is 1. The van der Waals surface area contributed by atoms with Crippen molar-refractivity contribution in [2.24, 2.45) is 0 Å². The summed E-state index contributed by atoms with van der Waals surface area (Å²) in [4.78, 5) is 0.309. The Morgan fingerprint density at radius 1 is 1.23 bits per heavy atom. The van der Waals surface area contributed by atoms with Gasteiger partial charge >= 0.3 is 0 Å². The molecular weight excluding hydrogens is 294 g/mol. The number of allylic oxidation sites excluding steroid dienone is 1. The predicted molar refractivity (Wildman–Crippen MR) is 89.9 cm³/mol. The molecule has 0 saturated heterocycles. The van der Waals surface area contributed by atoms with E-state index in [9.17, 15) is 8.42 Å². The molecule has 3 nitrogen and oxygen atoms in total. The van der Waals surface area contributed by atoms with E-state index >= 15 is 0 Å². The topological polar surface area (TPSA) is 37.4 Å². The minimum absolute atomic E-state index is 0.102. The van der Waals surface area contributed by atoms with Crippen LogP contribution in [0.15, 0.2) is 41.3 Å². The number of hydrogen-bond acceptors (Lipinski definition) is 2. The lowest BCUT2D eigenvalue weighted by atomic mass is 10.0. The monoisotopic (exact) mass is 317 g/mol. The molecule has 4 heteroatoms. The van der Waals surface area contributed by atoms with E-state index in [1.165, 1.54) is 10.7 Å². The largest absolute Gasteiger partial charge is 0.244 e. The second-order valence-electron chi connectivity index (χ2n) is 5.70. The molecule has 0 radical (unpaired) electrons. The van der Waals surface area contributed by atoms with Gasteiger partial charge in [-0.15, -0.1) is 6.42 Å². The van der Waals surface area contributed by atoms with Gasteiger partial charge < -0.3 is 0 Å². The Balaban J connectivity index is 2.34. The van der Waals surface area contributed by atoms with Gasteiger partial charge in [0.1, 0.15) is 0 Å². The van der Waals surface area contributed by atoms with Crippen LogP contribution in [-0.4, -0.2) is 25.3 Å². The molecule has 0 fully saturated rings. The van der Waals surface area contributed by atoms with E-state index < -0.39 is 10.0 Å². The third-order valence-electron chi connectivity index (χ3n) is 3.97. The predicted octanol–water partition coefficient (Wildman–Crippen LogP) is 3.51. The highest BCUT2D eigenvalue weighted by atomic mass is 32.2. The van der Waals surface area contributed by atoms with Crippen molar-refractivity contribution in [2.75, 3.05) is 6.54 Å². The summed E-state index contributed by atoms with van der Waals surface area (Å²) in [5, 5.41) is 0. The summed E-state index contributed by atoms with van der Waals surface area (Å²) < 4.78 is 27.3. The lowest BCUT2D eigenvalue weighted by molar-refractivity contribution is 0.364. The van der Waals surface area contributed by atoms with Crippen molar-refractivity contribution in [2.45, 2.75) is 50.0 Å². The van der Waals surface area contributed by atoms with Gasteiger partial charge in [0, 0.05) is 6.04 Å². The smallest absolute Gasteiger partial charge is 0.207 e. The molecule has 1 aromatic rings. The quantitative estimate of drug-likeness (QED) is 0.629. The number of rotatable bonds is 4. The maximum atomic E-state index is 12.9. The zero-order valence-electron chi connectivity index (χ0n) is 13.0. The van der Waals surface area contributed by atoms with Crippen molar-refractivity contribution in [3.05, 3.63) is 42.0 Å². The van der Waals surface area contributed by atoms with Gasteiger partial charge in [0.15, 0.2) is 0 Å². The van der Waals surface area contributed by atoms with Crippen molar-refractivity contribution >= 4 is 10.0 Å². The Kier molecular flexibility index (Phi) is 5.82. The number of sulfonamides is 1. The first kappa shape index (κ1) is 16.8. The maximum absolute atomic E-state index is 12.9. The van der Waals surface area contributed by atoms with Crippen LogP contribution in [-0.2, 0) is 10.0 Å². The normalized spacial score (nSPS) is 20.9. The second kappa shape index (κ2) is 7.62. The minimum atomic E-state index is -3.57. The van der Waals surface area contributed by atoms with Gasteiger partial charge in [-0.1, -0.05) is 48.6 Å². The summed E-state index contributed by atoms with van der Waals surface area (Å²) in [7, 11) is -3.57. The summed E-state index contributed by atoms with van der Waals surface area (Å²) in [6.07, 6.45) is 14.7. The number of terminal acetylenes is 1. The first-order valence-corrected chi connectivity index (χ1v) is 9.18. The maximum Gasteiger partial charge on any atom is 0.244 e. The van der Waals surface area contributed by atoms with Crippen LogP contribution in [0.1, 0.15) is 37.7 Å². The summed E-state index contributed by atoms with van der Waals surface area (Å²) in [6.45, 7) is 2.04. The highest BCUT2D eigenvalue weighted by Gasteiger charge is 2.29. The standard InChI is InChI=1S/C18H23NO2S/c1-3-15-19(17-9-7-5-4-6-8-10-17)22(20,21)18-13-11-16(2)12-14-18/h1,7,9,11-14,17H,4-6,8,10,15H2,2H3/b9-7-. The van der Waals surface area contributed by atoms with Crippen LogP contribution in [0.25, 0.3) is 0 Å². The molecular formula is C18H23NO2S. The lowest BCUT2D eigenvalue weighted by Crippen LogP contribution is -2.39. The summed E-state index contributed by atoms with van der Waals surface area (Å²) in [6, 6.07) is 6.79. The second-order valence-corrected chi connectivity index (χ2v) is 7.59. The minimum Gasteiger partial charge on any atom is -0.207 e. The molecule has 0 aliphatic heterocycles. The Labute approximate surface area is 134 Å². The van der Waals surface area contributed by atoms with Crippen LogP contribution >= 0.6 is 0 Å². The molecule has 0 amide bonds. The molecule has 22 heavy (non-hydrogen) atoms. The highest BCUT2D eigenvalue weighted by molar-refractivity contribution is 7.89. The molecule has 118 valence electrons. The fourth-order valence-electron chi connectivity index (χ4n) is 2.70. The van der Waals surface area contributed by atoms with Gasteiger partial charge in [-0.3, -0.25) is 0 Å². The number of hydrogen-bond donors (Lipinski definition) is 0. The van der Waals surface area contributed by atoms with Crippen molar-refractivity contribution < 1.29 is 8.42 Å². The van der Waals surface area contributed by atoms with E-state index in [0.29, 0.717) is 4.90 Å². The van der Waals surface area contributed by atoms with Crippen molar-refractivity contribution in [1.29, 1.82) is 0 Å². The first-order chi connectivity index (χ1) is 10.6. The van der Waals surface area contributed by atoms with Crippen molar-refractivity contribution in [3.63, 3.8) is 0 Å².